The molecule has 0 spiro atoms. The Morgan fingerprint density at radius 1 is 0.440 bits per heavy atom. The molecular formula is C57H59N9O9. The Kier molecular flexibility index (Phi) is 18.7. The Morgan fingerprint density at radius 3 is 1.28 bits per heavy atom. The van der Waals surface area contributed by atoms with Crippen molar-refractivity contribution in [3.8, 4) is 23.0 Å². The third kappa shape index (κ3) is 16.2. The zero-order chi connectivity index (χ0) is 53.4. The lowest BCUT2D eigenvalue weighted by Crippen LogP contribution is -2.36. The van der Waals surface area contributed by atoms with Gasteiger partial charge in [-0.05, 0) is 114 Å². The lowest BCUT2D eigenvalue weighted by atomic mass is 10.0. The number of hydrogen-bond acceptors (Lipinski definition) is 15. The average Bonchev–Trinajstić information content (AvgIpc) is 3.48. The quantitative estimate of drug-likeness (QED) is 0.0563. The molecule has 4 heterocycles. The zero-order valence-electron chi connectivity index (χ0n) is 42.8. The Balaban J connectivity index is 1.20. The largest absolute Gasteiger partial charge is 0.464 e. The predicted octanol–water partition coefficient (Wildman–Crippen LogP) is 6.58. The minimum absolute atomic E-state index is 0.112. The molecule has 0 aliphatic carbocycles. The molecule has 1 aliphatic heterocycles. The van der Waals surface area contributed by atoms with Crippen molar-refractivity contribution in [2.75, 3.05) is 76.5 Å². The number of carbonyl (C=O) groups is 6. The van der Waals surface area contributed by atoms with Gasteiger partial charge >= 0.3 is 17.9 Å². The molecule has 0 radical (unpaired) electrons. The molecule has 3 N–H and O–H groups in total. The van der Waals surface area contributed by atoms with E-state index in [0.717, 1.165) is 22.3 Å². The van der Waals surface area contributed by atoms with Crippen molar-refractivity contribution in [2.24, 2.45) is 0 Å². The first kappa shape index (κ1) is 54.2. The number of aromatic nitrogens is 3. The second kappa shape index (κ2) is 25.8. The summed E-state index contributed by atoms with van der Waals surface area (Å²) in [4.78, 5) is 95.1. The van der Waals surface area contributed by atoms with Crippen molar-refractivity contribution in [3.05, 3.63) is 166 Å². The highest BCUT2D eigenvalue weighted by Gasteiger charge is 2.22. The number of amides is 3. The third-order valence-corrected chi connectivity index (χ3v) is 12.0. The maximum atomic E-state index is 13.1. The lowest BCUT2D eigenvalue weighted by molar-refractivity contribution is -0.115. The first-order valence-corrected chi connectivity index (χ1v) is 24.2. The van der Waals surface area contributed by atoms with Crippen molar-refractivity contribution in [1.29, 1.82) is 0 Å². The summed E-state index contributed by atoms with van der Waals surface area (Å²) in [6, 6.07) is 32.8. The third-order valence-electron chi connectivity index (χ3n) is 12.0. The van der Waals surface area contributed by atoms with Gasteiger partial charge in [-0.1, -0.05) is 36.1 Å². The molecule has 18 heteroatoms. The number of esters is 3. The molecule has 1 aliphatic rings. The molecule has 1 fully saturated rings. The fourth-order valence-corrected chi connectivity index (χ4v) is 8.46. The highest BCUT2D eigenvalue weighted by Crippen LogP contribution is 2.25. The Hall–Kier alpha value is -8.63. The summed E-state index contributed by atoms with van der Waals surface area (Å²) in [7, 11) is 3.94. The fourth-order valence-electron chi connectivity index (χ4n) is 8.46. The van der Waals surface area contributed by atoms with Crippen LogP contribution in [0.4, 0.5) is 17.1 Å². The summed E-state index contributed by atoms with van der Waals surface area (Å²) in [6.07, 6.45) is 0.495. The summed E-state index contributed by atoms with van der Waals surface area (Å²) >= 11 is 0. The SMILES string of the molecule is COC(=O)c1cc(C#Cc2ccc(NC(C)=O)cc2)cc(CN2CCN(Cc3cc(Cc4ccc(NC(C)=O)cc4)cc(C(=O)OC)n3)CCN(Cc3cc(-c4ccc(NC(C)=O)cc4)cc(C(=O)OC)n3)CC2)n1. The van der Waals surface area contributed by atoms with E-state index in [9.17, 15) is 28.8 Å². The second-order valence-corrected chi connectivity index (χ2v) is 17.9. The van der Waals surface area contributed by atoms with Gasteiger partial charge in [0.05, 0.1) is 38.4 Å². The first-order valence-electron chi connectivity index (χ1n) is 24.2. The number of ether oxygens (including phenoxy) is 3. The van der Waals surface area contributed by atoms with Crippen molar-refractivity contribution < 1.29 is 43.0 Å². The van der Waals surface area contributed by atoms with Gasteiger partial charge in [0.15, 0.2) is 0 Å². The summed E-state index contributed by atoms with van der Waals surface area (Å²) in [5.74, 6) is 4.05. The fraction of sp³-hybridized carbons (Fsp3) is 0.281. The van der Waals surface area contributed by atoms with Gasteiger partial charge in [0, 0.05) is 108 Å². The smallest absolute Gasteiger partial charge is 0.356 e. The summed E-state index contributed by atoms with van der Waals surface area (Å²) in [5.41, 5.74) is 8.97. The van der Waals surface area contributed by atoms with E-state index in [4.69, 9.17) is 29.2 Å². The number of benzene rings is 3. The monoisotopic (exact) mass is 1010 g/mol. The van der Waals surface area contributed by atoms with Gasteiger partial charge in [-0.3, -0.25) is 29.1 Å². The molecular weight excluding hydrogens is 955 g/mol. The van der Waals surface area contributed by atoms with E-state index in [1.165, 1.54) is 42.1 Å². The molecule has 386 valence electrons. The average molecular weight is 1010 g/mol. The number of pyridine rings is 3. The lowest BCUT2D eigenvalue weighted by Gasteiger charge is -2.26. The predicted molar refractivity (Wildman–Crippen MR) is 283 cm³/mol. The summed E-state index contributed by atoms with van der Waals surface area (Å²) in [5, 5.41) is 8.33. The highest BCUT2D eigenvalue weighted by atomic mass is 16.5. The van der Waals surface area contributed by atoms with Gasteiger partial charge in [0.25, 0.3) is 0 Å². The minimum Gasteiger partial charge on any atom is -0.464 e. The van der Waals surface area contributed by atoms with Gasteiger partial charge in [0.1, 0.15) is 17.1 Å². The molecule has 3 aromatic carbocycles. The van der Waals surface area contributed by atoms with Gasteiger partial charge in [-0.25, -0.2) is 29.3 Å². The highest BCUT2D eigenvalue weighted by molar-refractivity contribution is 5.91. The molecule has 0 bridgehead atoms. The summed E-state index contributed by atoms with van der Waals surface area (Å²) in [6.45, 7) is 8.95. The van der Waals surface area contributed by atoms with Crippen molar-refractivity contribution in [2.45, 2.75) is 46.8 Å². The van der Waals surface area contributed by atoms with Crippen LogP contribution in [0.5, 0.6) is 0 Å². The van der Waals surface area contributed by atoms with Crippen molar-refractivity contribution in [3.63, 3.8) is 0 Å². The van der Waals surface area contributed by atoms with Gasteiger partial charge in [0.2, 0.25) is 17.7 Å². The van der Waals surface area contributed by atoms with Crippen LogP contribution in [0.25, 0.3) is 11.1 Å². The van der Waals surface area contributed by atoms with Crippen LogP contribution >= 0.6 is 0 Å². The minimum atomic E-state index is -0.603. The number of hydrogen-bond donors (Lipinski definition) is 3. The van der Waals surface area contributed by atoms with E-state index in [0.29, 0.717) is 111 Å². The van der Waals surface area contributed by atoms with Gasteiger partial charge in [-0.15, -0.1) is 0 Å². The van der Waals surface area contributed by atoms with E-state index >= 15 is 0 Å². The molecule has 0 saturated carbocycles. The standard InChI is InChI=1S/C57H59N9O9/c1-37(67)58-46-15-9-40(10-16-46)7-8-42-28-49(61-52(30-42)55(70)73-4)34-64-21-22-65(35-50-29-43(31-53(62-50)56(71)74-5)27-41-11-17-47(18-12-41)59-38(2)68)24-26-66(25-23-64)36-51-32-45(33-54(63-51)57(72)75-6)44-13-19-48(20-14-44)60-39(3)69/h9-20,28-33H,21-27,34-36H2,1-6H3,(H,58,67)(H,59,68)(H,60,69). The molecule has 7 rings (SSSR count). The van der Waals surface area contributed by atoms with Crippen LogP contribution in [0.1, 0.15) is 91.6 Å². The maximum Gasteiger partial charge on any atom is 0.356 e. The van der Waals surface area contributed by atoms with Crippen LogP contribution < -0.4 is 16.0 Å². The molecule has 0 unspecified atom stereocenters. The molecule has 3 amide bonds. The van der Waals surface area contributed by atoms with Gasteiger partial charge in [-0.2, -0.15) is 0 Å². The van der Waals surface area contributed by atoms with E-state index in [1.54, 1.807) is 54.6 Å². The number of carbonyl (C=O) groups excluding carboxylic acids is 6. The van der Waals surface area contributed by atoms with E-state index in [-0.39, 0.29) is 34.8 Å². The van der Waals surface area contributed by atoms with Crippen LogP contribution in [0, 0.1) is 11.8 Å². The molecule has 1 saturated heterocycles. The van der Waals surface area contributed by atoms with Crippen LogP contribution in [0.2, 0.25) is 0 Å². The summed E-state index contributed by atoms with van der Waals surface area (Å²) < 4.78 is 15.4. The maximum absolute atomic E-state index is 13.1. The second-order valence-electron chi connectivity index (χ2n) is 17.9. The van der Waals surface area contributed by atoms with Crippen LogP contribution in [0.15, 0.2) is 109 Å². The molecule has 0 atom stereocenters. The Bertz CT molecular complexity index is 3120. The number of nitrogens with one attached hydrogen (secondary N) is 3. The number of nitrogens with zero attached hydrogens (tertiary/aromatic N) is 6. The normalized spacial score (nSPS) is 13.1. The molecule has 6 aromatic rings. The molecule has 3 aromatic heterocycles. The van der Waals surface area contributed by atoms with Crippen molar-refractivity contribution in [1.82, 2.24) is 29.7 Å². The van der Waals surface area contributed by atoms with E-state index in [1.807, 2.05) is 54.6 Å². The Labute approximate surface area is 435 Å². The van der Waals surface area contributed by atoms with Crippen LogP contribution in [-0.2, 0) is 54.6 Å². The number of rotatable bonds is 15. The van der Waals surface area contributed by atoms with E-state index in [2.05, 4.69) is 42.5 Å². The first-order chi connectivity index (χ1) is 36.1. The number of methoxy groups -OCH3 is 3. The molecule has 18 nitrogen and oxygen atoms in total. The topological polar surface area (TPSA) is 215 Å². The molecule has 75 heavy (non-hydrogen) atoms. The Morgan fingerprint density at radius 2 is 0.827 bits per heavy atom. The number of anilines is 3. The van der Waals surface area contributed by atoms with Crippen LogP contribution in [0.3, 0.4) is 0 Å². The zero-order valence-corrected chi connectivity index (χ0v) is 42.8. The van der Waals surface area contributed by atoms with Crippen molar-refractivity contribution >= 4 is 52.7 Å². The van der Waals surface area contributed by atoms with Crippen LogP contribution in [-0.4, -0.2) is 126 Å². The van der Waals surface area contributed by atoms with Gasteiger partial charge < -0.3 is 30.2 Å². The van der Waals surface area contributed by atoms with E-state index < -0.39 is 17.9 Å².